The smallest absolute Gasteiger partial charge is 0.335 e. The van der Waals surface area contributed by atoms with Crippen molar-refractivity contribution in [2.45, 2.75) is 25.7 Å². The molecule has 1 atom stereocenters. The number of aromatic nitrogens is 2. The molecule has 24 heavy (non-hydrogen) atoms. The van der Waals surface area contributed by atoms with Crippen LogP contribution in [0.4, 0.5) is 0 Å². The van der Waals surface area contributed by atoms with Crippen LogP contribution in [-0.2, 0) is 6.42 Å². The van der Waals surface area contributed by atoms with E-state index in [0.717, 1.165) is 29.7 Å². The Hall–Kier alpha value is -3.27. The average molecular weight is 324 g/mol. The van der Waals surface area contributed by atoms with E-state index in [2.05, 4.69) is 16.3 Å². The molecule has 7 nitrogen and oxygen atoms in total. The number of carbonyl (C=O) groups is 1. The van der Waals surface area contributed by atoms with Gasteiger partial charge in [-0.2, -0.15) is 5.26 Å². The second kappa shape index (κ2) is 6.08. The minimum absolute atomic E-state index is 0.0202. The van der Waals surface area contributed by atoms with E-state index >= 15 is 0 Å². The minimum atomic E-state index is -1.00. The average Bonchev–Trinajstić information content (AvgIpc) is 2.96. The van der Waals surface area contributed by atoms with Crippen LogP contribution >= 0.6 is 0 Å². The fourth-order valence-electron chi connectivity index (χ4n) is 2.90. The normalized spacial score (nSPS) is 16.2. The van der Waals surface area contributed by atoms with E-state index in [9.17, 15) is 10.1 Å². The van der Waals surface area contributed by atoms with Crippen molar-refractivity contribution in [1.82, 2.24) is 10.2 Å². The maximum absolute atomic E-state index is 11.0. The molecule has 2 heterocycles. The molecule has 2 aromatic rings. The summed E-state index contributed by atoms with van der Waals surface area (Å²) in [5.74, 6) is -1.05. The Labute approximate surface area is 138 Å². The molecule has 0 saturated carbocycles. The fourth-order valence-corrected chi connectivity index (χ4v) is 2.90. The molecule has 1 aromatic carbocycles. The predicted octanol–water partition coefficient (Wildman–Crippen LogP) is 2.28. The Morgan fingerprint density at radius 3 is 2.75 bits per heavy atom. The van der Waals surface area contributed by atoms with Crippen molar-refractivity contribution in [3.05, 3.63) is 58.1 Å². The summed E-state index contributed by atoms with van der Waals surface area (Å²) in [5, 5.41) is 25.7. The summed E-state index contributed by atoms with van der Waals surface area (Å²) in [5.41, 5.74) is 8.80. The number of nitrogens with one attached hydrogen (secondary N) is 1. The third-order valence-electron chi connectivity index (χ3n) is 4.01. The first-order valence-corrected chi connectivity index (χ1v) is 7.54. The van der Waals surface area contributed by atoms with Crippen molar-refractivity contribution in [1.29, 1.82) is 5.26 Å². The third-order valence-corrected chi connectivity index (χ3v) is 4.01. The lowest BCUT2D eigenvalue weighted by molar-refractivity contribution is 0.0697. The summed E-state index contributed by atoms with van der Waals surface area (Å²) in [7, 11) is 0. The minimum Gasteiger partial charge on any atom is -0.478 e. The summed E-state index contributed by atoms with van der Waals surface area (Å²) < 4.78 is 5.47. The van der Waals surface area contributed by atoms with Crippen LogP contribution < -0.4 is 10.5 Å². The molecule has 0 aliphatic carbocycles. The van der Waals surface area contributed by atoms with Gasteiger partial charge in [0.25, 0.3) is 0 Å². The van der Waals surface area contributed by atoms with Crippen molar-refractivity contribution >= 4 is 5.97 Å². The van der Waals surface area contributed by atoms with Gasteiger partial charge in [-0.25, -0.2) is 4.79 Å². The van der Waals surface area contributed by atoms with E-state index in [0.29, 0.717) is 11.5 Å². The molecule has 0 saturated heterocycles. The van der Waals surface area contributed by atoms with Gasteiger partial charge in [0.2, 0.25) is 11.8 Å². The molecule has 1 aromatic heterocycles. The highest BCUT2D eigenvalue weighted by atomic mass is 16.5. The van der Waals surface area contributed by atoms with E-state index in [1.54, 1.807) is 12.1 Å². The zero-order valence-electron chi connectivity index (χ0n) is 13.0. The van der Waals surface area contributed by atoms with Crippen LogP contribution in [0.25, 0.3) is 0 Å². The molecule has 1 unspecified atom stereocenters. The molecular weight excluding hydrogens is 308 g/mol. The quantitative estimate of drug-likeness (QED) is 0.792. The number of nitrogens with zero attached hydrogens (tertiary/aromatic N) is 2. The van der Waals surface area contributed by atoms with Crippen LogP contribution in [0.2, 0.25) is 0 Å². The molecule has 1 aliphatic rings. The number of aryl methyl sites for hydroxylation is 1. The first-order valence-electron chi connectivity index (χ1n) is 7.54. The van der Waals surface area contributed by atoms with Crippen LogP contribution in [-0.4, -0.2) is 21.3 Å². The van der Waals surface area contributed by atoms with Gasteiger partial charge in [-0.1, -0.05) is 25.5 Å². The number of aromatic amines is 1. The highest BCUT2D eigenvalue weighted by molar-refractivity contribution is 5.87. The van der Waals surface area contributed by atoms with Crippen LogP contribution in [0.1, 0.15) is 46.4 Å². The highest BCUT2D eigenvalue weighted by Gasteiger charge is 2.34. The molecule has 0 spiro atoms. The first-order chi connectivity index (χ1) is 11.6. The number of nitrogens with two attached hydrogens (primary N) is 1. The summed E-state index contributed by atoms with van der Waals surface area (Å²) >= 11 is 0. The van der Waals surface area contributed by atoms with Crippen molar-refractivity contribution in [2.24, 2.45) is 5.73 Å². The van der Waals surface area contributed by atoms with Gasteiger partial charge < -0.3 is 15.6 Å². The maximum Gasteiger partial charge on any atom is 0.335 e. The number of benzene rings is 1. The molecule has 0 bridgehead atoms. The van der Waals surface area contributed by atoms with Crippen LogP contribution in [0.5, 0.6) is 5.88 Å². The summed E-state index contributed by atoms with van der Waals surface area (Å²) in [4.78, 5) is 11.0. The molecule has 4 N–H and O–H groups in total. The predicted molar refractivity (Wildman–Crippen MR) is 85.3 cm³/mol. The van der Waals surface area contributed by atoms with Gasteiger partial charge in [0, 0.05) is 11.3 Å². The number of fused-ring (bicyclic) bond motifs is 1. The fraction of sp³-hybridized carbons (Fsp3) is 0.235. The van der Waals surface area contributed by atoms with E-state index in [4.69, 9.17) is 15.6 Å². The Bertz CT molecular complexity index is 859. The summed E-state index contributed by atoms with van der Waals surface area (Å²) in [6, 6.07) is 8.52. The lowest BCUT2D eigenvalue weighted by atomic mass is 9.83. The van der Waals surface area contributed by atoms with Crippen LogP contribution in [0.15, 0.2) is 35.7 Å². The zero-order valence-corrected chi connectivity index (χ0v) is 13.0. The van der Waals surface area contributed by atoms with Gasteiger partial charge in [-0.3, -0.25) is 5.10 Å². The number of nitriles is 1. The van der Waals surface area contributed by atoms with Gasteiger partial charge in [0.1, 0.15) is 11.6 Å². The summed E-state index contributed by atoms with van der Waals surface area (Å²) in [6.45, 7) is 2.04. The van der Waals surface area contributed by atoms with Crippen LogP contribution in [0.3, 0.4) is 0 Å². The van der Waals surface area contributed by atoms with E-state index < -0.39 is 11.9 Å². The number of allylic oxidation sites excluding steroid dienone is 1. The number of carboxylic acid groups (broad SMARTS) is 1. The molecule has 0 amide bonds. The molecule has 1 aliphatic heterocycles. The molecule has 122 valence electrons. The zero-order chi connectivity index (χ0) is 17.3. The van der Waals surface area contributed by atoms with Crippen LogP contribution in [0, 0.1) is 11.3 Å². The number of aromatic carboxylic acids is 1. The third kappa shape index (κ3) is 2.48. The Kier molecular flexibility index (Phi) is 3.96. The van der Waals surface area contributed by atoms with Crippen molar-refractivity contribution in [3.8, 4) is 11.9 Å². The molecule has 0 radical (unpaired) electrons. The number of hydrogen-bond acceptors (Lipinski definition) is 5. The molecule has 0 fully saturated rings. The van der Waals surface area contributed by atoms with Gasteiger partial charge in [-0.05, 0) is 24.1 Å². The van der Waals surface area contributed by atoms with Gasteiger partial charge in [-0.15, -0.1) is 5.10 Å². The Balaban J connectivity index is 2.15. The lowest BCUT2D eigenvalue weighted by Gasteiger charge is -2.24. The van der Waals surface area contributed by atoms with E-state index in [1.807, 2.05) is 6.92 Å². The topological polar surface area (TPSA) is 125 Å². The molecular formula is C17H16N4O3. The highest BCUT2D eigenvalue weighted by Crippen LogP contribution is 2.43. The van der Waals surface area contributed by atoms with Gasteiger partial charge in [0.05, 0.1) is 11.5 Å². The first kappa shape index (κ1) is 15.6. The Morgan fingerprint density at radius 1 is 1.46 bits per heavy atom. The van der Waals surface area contributed by atoms with Crippen molar-refractivity contribution in [2.75, 3.05) is 0 Å². The number of hydrogen-bond donors (Lipinski definition) is 3. The number of ether oxygens (including phenoxy) is 1. The molecule has 7 heteroatoms. The lowest BCUT2D eigenvalue weighted by Crippen LogP contribution is -2.21. The number of carboxylic acids is 1. The largest absolute Gasteiger partial charge is 0.478 e. The SMILES string of the molecule is CCCc1[nH]nc2c1C(c1ccc(C(=O)O)cc1)C(C#N)=C(N)O2. The number of H-pyrrole nitrogens is 1. The summed E-state index contributed by atoms with van der Waals surface area (Å²) in [6.07, 6.45) is 1.66. The van der Waals surface area contributed by atoms with Gasteiger partial charge >= 0.3 is 5.97 Å². The monoisotopic (exact) mass is 324 g/mol. The maximum atomic E-state index is 11.0. The molecule has 3 rings (SSSR count). The van der Waals surface area contributed by atoms with Crippen molar-refractivity contribution in [3.63, 3.8) is 0 Å². The van der Waals surface area contributed by atoms with Crippen molar-refractivity contribution < 1.29 is 14.6 Å². The van der Waals surface area contributed by atoms with E-state index in [1.165, 1.54) is 12.1 Å². The number of rotatable bonds is 4. The Morgan fingerprint density at radius 2 is 2.17 bits per heavy atom. The van der Waals surface area contributed by atoms with E-state index in [-0.39, 0.29) is 11.4 Å². The van der Waals surface area contributed by atoms with Gasteiger partial charge in [0.15, 0.2) is 0 Å². The second-order valence-corrected chi connectivity index (χ2v) is 5.52. The second-order valence-electron chi connectivity index (χ2n) is 5.52. The standard InChI is InChI=1S/C17H16N4O3/c1-2-3-12-14-13(9-4-6-10(7-5-9)17(22)23)11(8-18)15(19)24-16(14)21-20-12/h4-7,13H,2-3,19H2,1H3,(H,20,21)(H,22,23).